The monoisotopic (exact) mass is 305 g/mol. The number of benzene rings is 1. The lowest BCUT2D eigenvalue weighted by Crippen LogP contribution is -2.22. The van der Waals surface area contributed by atoms with Crippen LogP contribution in [0.25, 0.3) is 0 Å². The molecule has 0 heterocycles. The number of aliphatic carboxylic acids is 1. The molecule has 1 aromatic rings. The van der Waals surface area contributed by atoms with Crippen LogP contribution in [0.2, 0.25) is 5.02 Å². The minimum absolute atomic E-state index is 0.184. The maximum absolute atomic E-state index is 10.6. The van der Waals surface area contributed by atoms with E-state index < -0.39 is 12.0 Å². The predicted octanol–water partition coefficient (Wildman–Crippen LogP) is 2.36. The summed E-state index contributed by atoms with van der Waals surface area (Å²) < 4.78 is 0.720. The van der Waals surface area contributed by atoms with E-state index in [-0.39, 0.29) is 6.42 Å². The number of amides is 1. The summed E-state index contributed by atoms with van der Waals surface area (Å²) in [7, 11) is 0. The molecule has 1 atom stereocenters. The van der Waals surface area contributed by atoms with E-state index in [1.807, 2.05) is 0 Å². The first-order valence-electron chi connectivity index (χ1n) is 4.41. The molecule has 1 aromatic carbocycles. The first kappa shape index (κ1) is 13.0. The van der Waals surface area contributed by atoms with E-state index >= 15 is 0 Å². The molecule has 4 nitrogen and oxygen atoms in total. The molecule has 0 saturated heterocycles. The second kappa shape index (κ2) is 5.86. The van der Waals surface area contributed by atoms with Crippen molar-refractivity contribution in [2.45, 2.75) is 12.5 Å². The van der Waals surface area contributed by atoms with Gasteiger partial charge in [-0.05, 0) is 33.6 Å². The van der Waals surface area contributed by atoms with Crippen LogP contribution in [0.1, 0.15) is 18.0 Å². The molecule has 0 spiro atoms. The van der Waals surface area contributed by atoms with Crippen molar-refractivity contribution in [1.82, 2.24) is 5.32 Å². The van der Waals surface area contributed by atoms with Crippen LogP contribution >= 0.6 is 27.5 Å². The Morgan fingerprint density at radius 1 is 1.62 bits per heavy atom. The number of halogens is 2. The highest BCUT2D eigenvalue weighted by atomic mass is 79.9. The zero-order chi connectivity index (χ0) is 12.1. The summed E-state index contributed by atoms with van der Waals surface area (Å²) >= 11 is 9.11. The molecule has 0 fully saturated rings. The number of rotatable bonds is 5. The topological polar surface area (TPSA) is 66.4 Å². The van der Waals surface area contributed by atoms with E-state index in [1.165, 1.54) is 0 Å². The van der Waals surface area contributed by atoms with Crippen LogP contribution in [0.15, 0.2) is 22.7 Å². The Labute approximate surface area is 106 Å². The molecular formula is C10H9BrClNO3. The minimum atomic E-state index is -0.988. The van der Waals surface area contributed by atoms with Gasteiger partial charge < -0.3 is 10.4 Å². The van der Waals surface area contributed by atoms with Crippen molar-refractivity contribution in [3.8, 4) is 0 Å². The van der Waals surface area contributed by atoms with E-state index in [1.54, 1.807) is 18.2 Å². The maximum Gasteiger partial charge on any atom is 0.305 e. The number of carbonyl (C=O) groups excluding carboxylic acids is 1. The van der Waals surface area contributed by atoms with Crippen LogP contribution in [0, 0.1) is 0 Å². The van der Waals surface area contributed by atoms with E-state index in [9.17, 15) is 9.59 Å². The lowest BCUT2D eigenvalue weighted by Gasteiger charge is -2.14. The van der Waals surface area contributed by atoms with E-state index in [2.05, 4.69) is 21.2 Å². The SMILES string of the molecule is O=CNC(CC(=O)O)c1ccc(Br)c(Cl)c1. The standard InChI is InChI=1S/C10H9BrClNO3/c11-7-2-1-6(3-8(7)12)9(13-5-14)4-10(15)16/h1-3,5,9H,4H2,(H,13,14)(H,15,16). The molecule has 0 aliphatic heterocycles. The molecule has 0 radical (unpaired) electrons. The first-order valence-corrected chi connectivity index (χ1v) is 5.58. The summed E-state index contributed by atoms with van der Waals surface area (Å²) in [4.78, 5) is 21.0. The fraction of sp³-hybridized carbons (Fsp3) is 0.200. The second-order valence-corrected chi connectivity index (χ2v) is 4.37. The molecule has 1 amide bonds. The largest absolute Gasteiger partial charge is 0.481 e. The molecule has 1 unspecified atom stereocenters. The van der Waals surface area contributed by atoms with Gasteiger partial charge in [0, 0.05) is 4.47 Å². The van der Waals surface area contributed by atoms with Crippen molar-refractivity contribution in [3.05, 3.63) is 33.3 Å². The Morgan fingerprint density at radius 3 is 2.81 bits per heavy atom. The summed E-state index contributed by atoms with van der Waals surface area (Å²) in [5.41, 5.74) is 0.655. The van der Waals surface area contributed by atoms with Gasteiger partial charge in [-0.15, -0.1) is 0 Å². The molecule has 0 bridgehead atoms. The Kier molecular flexibility index (Phi) is 4.76. The molecule has 86 valence electrons. The van der Waals surface area contributed by atoms with Gasteiger partial charge in [0.05, 0.1) is 17.5 Å². The number of carbonyl (C=O) groups is 2. The third kappa shape index (κ3) is 3.50. The number of nitrogens with one attached hydrogen (secondary N) is 1. The summed E-state index contributed by atoms with van der Waals surface area (Å²) in [5, 5.41) is 11.6. The van der Waals surface area contributed by atoms with Crippen LogP contribution in [0.3, 0.4) is 0 Å². The summed E-state index contributed by atoms with van der Waals surface area (Å²) in [6, 6.07) is 4.47. The van der Waals surface area contributed by atoms with E-state index in [0.29, 0.717) is 17.0 Å². The molecule has 1 rings (SSSR count). The van der Waals surface area contributed by atoms with Crippen LogP contribution < -0.4 is 5.32 Å². The average molecular weight is 307 g/mol. The zero-order valence-corrected chi connectivity index (χ0v) is 10.5. The van der Waals surface area contributed by atoms with Gasteiger partial charge in [-0.25, -0.2) is 0 Å². The van der Waals surface area contributed by atoms with Crippen LogP contribution in [-0.4, -0.2) is 17.5 Å². The first-order chi connectivity index (χ1) is 7.54. The van der Waals surface area contributed by atoms with Gasteiger partial charge in [-0.3, -0.25) is 9.59 Å². The molecule has 6 heteroatoms. The van der Waals surface area contributed by atoms with Gasteiger partial charge >= 0.3 is 5.97 Å². The summed E-state index contributed by atoms with van der Waals surface area (Å²) in [6.07, 6.45) is 0.292. The van der Waals surface area contributed by atoms with Crippen molar-refractivity contribution in [2.24, 2.45) is 0 Å². The molecule has 0 saturated carbocycles. The lowest BCUT2D eigenvalue weighted by atomic mass is 10.0. The Morgan fingerprint density at radius 2 is 2.31 bits per heavy atom. The second-order valence-electron chi connectivity index (χ2n) is 3.11. The van der Waals surface area contributed by atoms with Crippen molar-refractivity contribution in [1.29, 1.82) is 0 Å². The minimum Gasteiger partial charge on any atom is -0.481 e. The average Bonchev–Trinajstić information content (AvgIpc) is 2.21. The quantitative estimate of drug-likeness (QED) is 0.821. The number of hydrogen-bond donors (Lipinski definition) is 2. The third-order valence-corrected chi connectivity index (χ3v) is 3.23. The summed E-state index contributed by atoms with van der Waals surface area (Å²) in [5.74, 6) is -0.988. The van der Waals surface area contributed by atoms with Gasteiger partial charge in [0.2, 0.25) is 6.41 Å². The summed E-state index contributed by atoms with van der Waals surface area (Å²) in [6.45, 7) is 0. The molecule has 0 aliphatic carbocycles. The normalized spacial score (nSPS) is 11.9. The molecule has 0 aromatic heterocycles. The maximum atomic E-state index is 10.6. The van der Waals surface area contributed by atoms with Crippen LogP contribution in [-0.2, 0) is 9.59 Å². The number of carboxylic acids is 1. The van der Waals surface area contributed by atoms with E-state index in [4.69, 9.17) is 16.7 Å². The number of carboxylic acid groups (broad SMARTS) is 1. The molecule has 2 N–H and O–H groups in total. The van der Waals surface area contributed by atoms with Gasteiger partial charge in [0.1, 0.15) is 0 Å². The van der Waals surface area contributed by atoms with E-state index in [0.717, 1.165) is 4.47 Å². The zero-order valence-electron chi connectivity index (χ0n) is 8.11. The number of hydrogen-bond acceptors (Lipinski definition) is 2. The van der Waals surface area contributed by atoms with Crippen molar-refractivity contribution < 1.29 is 14.7 Å². The highest BCUT2D eigenvalue weighted by Crippen LogP contribution is 2.27. The lowest BCUT2D eigenvalue weighted by molar-refractivity contribution is -0.137. The van der Waals surface area contributed by atoms with Crippen molar-refractivity contribution in [3.63, 3.8) is 0 Å². The smallest absolute Gasteiger partial charge is 0.305 e. The van der Waals surface area contributed by atoms with Crippen molar-refractivity contribution >= 4 is 39.9 Å². The molecular weight excluding hydrogens is 297 g/mol. The third-order valence-electron chi connectivity index (χ3n) is 1.99. The van der Waals surface area contributed by atoms with Gasteiger partial charge in [-0.1, -0.05) is 17.7 Å². The Balaban J connectivity index is 2.95. The highest BCUT2D eigenvalue weighted by molar-refractivity contribution is 9.10. The highest BCUT2D eigenvalue weighted by Gasteiger charge is 2.15. The molecule has 0 aliphatic rings. The fourth-order valence-corrected chi connectivity index (χ4v) is 1.69. The van der Waals surface area contributed by atoms with Gasteiger partial charge in [0.15, 0.2) is 0 Å². The molecule has 16 heavy (non-hydrogen) atoms. The van der Waals surface area contributed by atoms with Crippen molar-refractivity contribution in [2.75, 3.05) is 0 Å². The fourth-order valence-electron chi connectivity index (χ4n) is 1.26. The van der Waals surface area contributed by atoms with Crippen LogP contribution in [0.5, 0.6) is 0 Å². The van der Waals surface area contributed by atoms with Gasteiger partial charge in [0.25, 0.3) is 0 Å². The Bertz CT molecular complexity index is 411. The predicted molar refractivity (Wildman–Crippen MR) is 63.3 cm³/mol. The van der Waals surface area contributed by atoms with Crippen LogP contribution in [0.4, 0.5) is 0 Å². The Hall–Kier alpha value is -1.07. The van der Waals surface area contributed by atoms with Gasteiger partial charge in [-0.2, -0.15) is 0 Å².